The van der Waals surface area contributed by atoms with Gasteiger partial charge in [0.15, 0.2) is 5.78 Å². The van der Waals surface area contributed by atoms with Crippen LogP contribution in [0.5, 0.6) is 0 Å². The Labute approximate surface area is 288 Å². The van der Waals surface area contributed by atoms with Crippen molar-refractivity contribution in [1.29, 1.82) is 0 Å². The largest absolute Gasteiger partial charge is 1.00 e. The molecule has 2 aromatic rings. The van der Waals surface area contributed by atoms with Crippen LogP contribution >= 0.6 is 23.2 Å². The normalized spacial score (nSPS) is 14.0. The van der Waals surface area contributed by atoms with Gasteiger partial charge in [-0.15, -0.1) is 23.2 Å². The van der Waals surface area contributed by atoms with Crippen LogP contribution < -0.4 is 69.7 Å². The quantitative estimate of drug-likeness (QED) is 0.0434. The number of nitrogens with one attached hydrogen (secondary N) is 2. The minimum Gasteiger partial charge on any atom is -0.726 e. The Morgan fingerprint density at radius 2 is 1.22 bits per heavy atom. The van der Waals surface area contributed by atoms with E-state index < -0.39 is 85.6 Å². The first-order valence-corrected chi connectivity index (χ1v) is 14.3. The molecule has 1 aliphatic rings. The Hall–Kier alpha value is -0.900. The van der Waals surface area contributed by atoms with Crippen LogP contribution in [0.15, 0.2) is 30.3 Å². The molecule has 2 unspecified atom stereocenters. The number of halogens is 2. The number of carbonyl (C=O) groups excluding carboxylic acids is 2. The Bertz CT molecular complexity index is 1540. The Balaban J connectivity index is 0.00000420. The van der Waals surface area contributed by atoms with Crippen LogP contribution in [-0.2, 0) is 29.2 Å². The number of nitrogens with zero attached hydrogens (tertiary/aromatic N) is 1. The molecule has 0 amide bonds. The molecule has 0 aromatic heterocycles. The minimum absolute atomic E-state index is 0. The molecule has 3 rings (SSSR count). The molecule has 0 aliphatic heterocycles. The fourth-order valence-corrected chi connectivity index (χ4v) is 5.19. The van der Waals surface area contributed by atoms with Crippen molar-refractivity contribution < 1.29 is 108 Å². The van der Waals surface area contributed by atoms with E-state index in [2.05, 4.69) is 19.0 Å². The van der Waals surface area contributed by atoms with Gasteiger partial charge in [0, 0.05) is 36.1 Å². The van der Waals surface area contributed by atoms with Crippen LogP contribution in [0, 0.1) is 10.1 Å². The Morgan fingerprint density at radius 1 is 0.780 bits per heavy atom. The summed E-state index contributed by atoms with van der Waals surface area (Å²) < 4.78 is 74.3. The van der Waals surface area contributed by atoms with Gasteiger partial charge in [0.05, 0.1) is 27.8 Å². The summed E-state index contributed by atoms with van der Waals surface area (Å²) in [6.07, 6.45) is -2.74. The second-order valence-electron chi connectivity index (χ2n) is 7.85. The van der Waals surface area contributed by atoms with Crippen LogP contribution in [0.25, 0.3) is 0 Å². The number of fused-ring (bicyclic) bond motifs is 2. The van der Waals surface area contributed by atoms with E-state index in [1.807, 2.05) is 0 Å². The summed E-state index contributed by atoms with van der Waals surface area (Å²) in [7, 11) is -10.3. The minimum atomic E-state index is -5.14. The molecule has 2 atom stereocenters. The number of ketones is 2. The van der Waals surface area contributed by atoms with Crippen molar-refractivity contribution in [3.8, 4) is 0 Å². The molecule has 0 radical (unpaired) electrons. The smallest absolute Gasteiger partial charge is 0.726 e. The maximum Gasteiger partial charge on any atom is 1.00 e. The number of nitro groups is 1. The maximum absolute atomic E-state index is 13.6. The summed E-state index contributed by atoms with van der Waals surface area (Å²) in [5, 5.41) is 16.9. The second-order valence-corrected chi connectivity index (χ2v) is 10.5. The maximum atomic E-state index is 13.6. The average Bonchev–Trinajstić information content (AvgIpc) is 2.85. The number of hydrogen-bond acceptors (Lipinski definition) is 14. The fraction of sp³-hybridized carbons (Fsp3) is 0.300. The third kappa shape index (κ3) is 9.80. The number of nitro benzene ring substituents is 1. The van der Waals surface area contributed by atoms with Crippen LogP contribution in [0.3, 0.4) is 0 Å². The molecule has 15 nitrogen and oxygen atoms in total. The first-order chi connectivity index (χ1) is 18.2. The number of anilines is 2. The van der Waals surface area contributed by atoms with Gasteiger partial charge < -0.3 is 19.7 Å². The molecule has 0 saturated heterocycles. The van der Waals surface area contributed by atoms with Crippen molar-refractivity contribution >= 4 is 72.6 Å². The van der Waals surface area contributed by atoms with Crippen molar-refractivity contribution in [2.45, 2.75) is 12.2 Å². The fourth-order valence-electron chi connectivity index (χ4n) is 3.76. The van der Waals surface area contributed by atoms with E-state index in [0.29, 0.717) is 0 Å². The average molecular weight is 672 g/mol. The van der Waals surface area contributed by atoms with E-state index in [1.54, 1.807) is 0 Å². The van der Waals surface area contributed by atoms with E-state index in [1.165, 1.54) is 24.3 Å². The van der Waals surface area contributed by atoms with Crippen molar-refractivity contribution in [3.05, 3.63) is 62.7 Å². The molecule has 1 aliphatic carbocycles. The number of alkyl halides is 2. The summed E-state index contributed by atoms with van der Waals surface area (Å²) in [6, 6.07) is 5.99. The van der Waals surface area contributed by atoms with E-state index in [9.17, 15) is 45.6 Å². The molecule has 0 bridgehead atoms. The van der Waals surface area contributed by atoms with Crippen molar-refractivity contribution in [3.63, 3.8) is 0 Å². The van der Waals surface area contributed by atoms with Gasteiger partial charge >= 0.3 is 59.1 Å². The van der Waals surface area contributed by atoms with E-state index in [0.717, 1.165) is 6.07 Å². The Kier molecular flexibility index (Phi) is 14.6. The summed E-state index contributed by atoms with van der Waals surface area (Å²) in [5.41, 5.74) is -2.19. The zero-order chi connectivity index (χ0) is 29.1. The van der Waals surface area contributed by atoms with Crippen LogP contribution in [0.2, 0.25) is 0 Å². The number of hydrogen-bond donors (Lipinski definition) is 2. The molecule has 41 heavy (non-hydrogen) atoms. The number of benzene rings is 2. The molecule has 0 fully saturated rings. The van der Waals surface area contributed by atoms with Gasteiger partial charge in [0.2, 0.25) is 26.6 Å². The van der Waals surface area contributed by atoms with Crippen LogP contribution in [0.1, 0.15) is 31.8 Å². The number of rotatable bonds is 13. The first kappa shape index (κ1) is 38.1. The second kappa shape index (κ2) is 15.7. The SMILES string of the molecule is O=C1c2cccc([N+](=O)[O-])c2C(=O)c2c(NCC(CCl)OS(=O)(=O)[O-])ccc(NCC(CCl)OS(=O)(=O)[O-])c21.[Na+].[Na+]. The van der Waals surface area contributed by atoms with Gasteiger partial charge in [0.1, 0.15) is 17.8 Å². The summed E-state index contributed by atoms with van der Waals surface area (Å²) in [5.74, 6) is -2.66. The molecule has 0 spiro atoms. The Morgan fingerprint density at radius 3 is 1.61 bits per heavy atom. The summed E-state index contributed by atoms with van der Waals surface area (Å²) in [4.78, 5) is 37.9. The summed E-state index contributed by atoms with van der Waals surface area (Å²) in [6.45, 7) is -0.837. The molecular formula is C20H17Cl2N3Na2O12S2. The van der Waals surface area contributed by atoms with Gasteiger partial charge in [-0.25, -0.2) is 16.8 Å². The van der Waals surface area contributed by atoms with Crippen LogP contribution in [-0.4, -0.2) is 79.5 Å². The van der Waals surface area contributed by atoms with Gasteiger partial charge in [-0.3, -0.25) is 28.1 Å². The molecular weight excluding hydrogens is 655 g/mol. The molecule has 2 aromatic carbocycles. The zero-order valence-corrected chi connectivity index (χ0v) is 28.4. The molecule has 0 saturated carbocycles. The van der Waals surface area contributed by atoms with E-state index in [4.69, 9.17) is 23.2 Å². The predicted molar refractivity (Wildman–Crippen MR) is 134 cm³/mol. The standard InChI is InChI=1S/C20H19Cl2N3O12S2.2Na/c21-6-10(36-38(30,31)32)8-23-13-4-5-14(24-9-11(7-22)37-39(33,34)35)18-17(13)19(26)12-2-1-3-15(25(28)29)16(12)20(18)27;;/h1-5,10-11,23-24H,6-9H2,(H,30,31,32)(H,33,34,35);;/q;2*+1/p-2. The van der Waals surface area contributed by atoms with E-state index >= 15 is 0 Å². The summed E-state index contributed by atoms with van der Waals surface area (Å²) >= 11 is 11.3. The number of carbonyl (C=O) groups is 2. The van der Waals surface area contributed by atoms with Gasteiger partial charge in [-0.2, -0.15) is 0 Å². The third-order valence-corrected chi connectivity index (χ3v) is 6.97. The predicted octanol–water partition coefficient (Wildman–Crippen LogP) is -4.63. The van der Waals surface area contributed by atoms with E-state index in [-0.39, 0.29) is 87.2 Å². The zero-order valence-electron chi connectivity index (χ0n) is 21.3. The first-order valence-electron chi connectivity index (χ1n) is 10.6. The van der Waals surface area contributed by atoms with Gasteiger partial charge in [0.25, 0.3) is 5.69 Å². The molecule has 21 heteroatoms. The molecule has 0 heterocycles. The van der Waals surface area contributed by atoms with Crippen molar-refractivity contribution in [2.24, 2.45) is 0 Å². The van der Waals surface area contributed by atoms with Gasteiger partial charge in [-0.1, -0.05) is 6.07 Å². The monoisotopic (exact) mass is 671 g/mol. The topological polar surface area (TPSA) is 234 Å². The third-order valence-electron chi connectivity index (χ3n) is 5.26. The molecule has 212 valence electrons. The van der Waals surface area contributed by atoms with Gasteiger partial charge in [-0.05, 0) is 18.2 Å². The molecule has 2 N–H and O–H groups in total. The van der Waals surface area contributed by atoms with Crippen molar-refractivity contribution in [1.82, 2.24) is 0 Å². The van der Waals surface area contributed by atoms with Crippen molar-refractivity contribution in [2.75, 3.05) is 35.5 Å². The van der Waals surface area contributed by atoms with Crippen LogP contribution in [0.4, 0.5) is 17.1 Å².